The summed E-state index contributed by atoms with van der Waals surface area (Å²) in [5.41, 5.74) is -0.278. The van der Waals surface area contributed by atoms with Gasteiger partial charge in [-0.1, -0.05) is 0 Å². The molecule has 0 aromatic carbocycles. The highest BCUT2D eigenvalue weighted by Gasteiger charge is 2.32. The fourth-order valence-electron chi connectivity index (χ4n) is 3.08. The first-order valence-electron chi connectivity index (χ1n) is 8.91. The van der Waals surface area contributed by atoms with Crippen LogP contribution in [0.5, 0.6) is 0 Å². The Balaban J connectivity index is 1.75. The summed E-state index contributed by atoms with van der Waals surface area (Å²) in [6, 6.07) is 3.10. The number of carbonyl (C=O) groups is 2. The molecule has 2 amide bonds. The van der Waals surface area contributed by atoms with E-state index in [1.54, 1.807) is 11.0 Å². The maximum Gasteiger partial charge on any atom is 0.416 e. The van der Waals surface area contributed by atoms with Crippen LogP contribution >= 0.6 is 0 Å². The maximum atomic E-state index is 12.9. The van der Waals surface area contributed by atoms with E-state index in [-0.39, 0.29) is 36.2 Å². The van der Waals surface area contributed by atoms with E-state index in [9.17, 15) is 22.8 Å². The first kappa shape index (κ1) is 20.5. The van der Waals surface area contributed by atoms with Crippen molar-refractivity contribution in [2.24, 2.45) is 0 Å². The average Bonchev–Trinajstić information content (AvgIpc) is 3.16. The molecule has 154 valence electrons. The van der Waals surface area contributed by atoms with E-state index < -0.39 is 11.7 Å². The number of alkyl halides is 3. The summed E-state index contributed by atoms with van der Waals surface area (Å²) in [6.45, 7) is 1.76. The van der Waals surface area contributed by atoms with Crippen molar-refractivity contribution in [1.29, 1.82) is 0 Å². The number of hydrogen-bond donors (Lipinski definition) is 2. The molecule has 1 saturated heterocycles. The summed E-state index contributed by atoms with van der Waals surface area (Å²) in [5.74, 6) is -0.482. The Morgan fingerprint density at radius 1 is 1.24 bits per heavy atom. The predicted octanol–water partition coefficient (Wildman–Crippen LogP) is 2.43. The average molecular weight is 408 g/mol. The second-order valence-electron chi connectivity index (χ2n) is 6.51. The molecule has 1 fully saturated rings. The normalized spacial score (nSPS) is 16.6. The second-order valence-corrected chi connectivity index (χ2v) is 6.51. The Kier molecular flexibility index (Phi) is 5.95. The van der Waals surface area contributed by atoms with Gasteiger partial charge in [0, 0.05) is 25.9 Å². The van der Waals surface area contributed by atoms with Crippen LogP contribution in [0.4, 0.5) is 24.9 Å². The van der Waals surface area contributed by atoms with Crippen LogP contribution in [0.2, 0.25) is 0 Å². The number of aromatic nitrogens is 3. The quantitative estimate of drug-likeness (QED) is 0.788. The molecule has 3 rings (SSSR count). The minimum atomic E-state index is -4.49. The molecule has 11 heteroatoms. The molecule has 0 saturated carbocycles. The van der Waals surface area contributed by atoms with Crippen LogP contribution in [0.25, 0.3) is 0 Å². The van der Waals surface area contributed by atoms with Gasteiger partial charge in [0.2, 0.25) is 17.8 Å². The summed E-state index contributed by atoms with van der Waals surface area (Å²) < 4.78 is 38.6. The van der Waals surface area contributed by atoms with Gasteiger partial charge >= 0.3 is 6.18 Å². The van der Waals surface area contributed by atoms with Gasteiger partial charge in [-0.25, -0.2) is 15.0 Å². The zero-order valence-corrected chi connectivity index (χ0v) is 15.5. The van der Waals surface area contributed by atoms with Crippen molar-refractivity contribution >= 4 is 23.6 Å². The van der Waals surface area contributed by atoms with E-state index in [0.717, 1.165) is 24.8 Å². The van der Waals surface area contributed by atoms with E-state index in [1.807, 2.05) is 0 Å². The Morgan fingerprint density at radius 3 is 2.72 bits per heavy atom. The van der Waals surface area contributed by atoms with Crippen LogP contribution in [0.1, 0.15) is 37.1 Å². The molecule has 2 aromatic heterocycles. The molecule has 1 atom stereocenters. The third-order valence-electron chi connectivity index (χ3n) is 4.41. The Morgan fingerprint density at radius 2 is 2.00 bits per heavy atom. The molecule has 1 aliphatic rings. The molecule has 0 bridgehead atoms. The van der Waals surface area contributed by atoms with Gasteiger partial charge in [-0.2, -0.15) is 13.2 Å². The maximum absolute atomic E-state index is 12.9. The lowest BCUT2D eigenvalue weighted by Crippen LogP contribution is -2.39. The fraction of sp³-hybridized carbons (Fsp3) is 0.389. The summed E-state index contributed by atoms with van der Waals surface area (Å²) in [4.78, 5) is 37.3. The predicted molar refractivity (Wildman–Crippen MR) is 96.9 cm³/mol. The van der Waals surface area contributed by atoms with E-state index in [1.165, 1.54) is 13.1 Å². The number of pyridine rings is 1. The van der Waals surface area contributed by atoms with Crippen LogP contribution < -0.4 is 10.6 Å². The highest BCUT2D eigenvalue weighted by molar-refractivity contribution is 5.84. The molecule has 2 aromatic rings. The number of nitrogens with one attached hydrogen (secondary N) is 2. The van der Waals surface area contributed by atoms with E-state index >= 15 is 0 Å². The number of likely N-dealkylation sites (tertiary alicyclic amines) is 1. The van der Waals surface area contributed by atoms with Crippen LogP contribution in [0.3, 0.4) is 0 Å². The summed E-state index contributed by atoms with van der Waals surface area (Å²) in [6.07, 6.45) is -0.509. The standard InChI is InChI=1S/C18H19F3N6O2/c1-11(28)24-10-16(29)27-8-2-3-14(27)13-5-7-23-17(25-13)26-15-9-12(4-6-22-15)18(19,20)21/h4-7,9,14H,2-3,8,10H2,1H3,(H,24,28)(H,22,23,25,26)/t14-/m0/s1. The van der Waals surface area contributed by atoms with Gasteiger partial charge in [-0.15, -0.1) is 0 Å². The van der Waals surface area contributed by atoms with Crippen LogP contribution in [-0.4, -0.2) is 44.8 Å². The van der Waals surface area contributed by atoms with Crippen molar-refractivity contribution in [2.75, 3.05) is 18.4 Å². The van der Waals surface area contributed by atoms with Gasteiger partial charge in [0.25, 0.3) is 0 Å². The second kappa shape index (κ2) is 8.41. The van der Waals surface area contributed by atoms with Gasteiger partial charge in [-0.3, -0.25) is 9.59 Å². The molecule has 0 unspecified atom stereocenters. The van der Waals surface area contributed by atoms with Crippen molar-refractivity contribution in [2.45, 2.75) is 32.0 Å². The number of hydrogen-bond acceptors (Lipinski definition) is 6. The molecule has 2 N–H and O–H groups in total. The van der Waals surface area contributed by atoms with Gasteiger partial charge in [0.1, 0.15) is 5.82 Å². The number of halogens is 3. The molecule has 29 heavy (non-hydrogen) atoms. The molecular weight excluding hydrogens is 389 g/mol. The molecule has 0 aliphatic carbocycles. The number of carbonyl (C=O) groups excluding carboxylic acids is 2. The lowest BCUT2D eigenvalue weighted by molar-refractivity contribution is -0.137. The highest BCUT2D eigenvalue weighted by Crippen LogP contribution is 2.32. The van der Waals surface area contributed by atoms with Crippen LogP contribution in [0, 0.1) is 0 Å². The number of nitrogens with zero attached hydrogens (tertiary/aromatic N) is 4. The highest BCUT2D eigenvalue weighted by atomic mass is 19.4. The van der Waals surface area contributed by atoms with E-state index in [4.69, 9.17) is 0 Å². The van der Waals surface area contributed by atoms with E-state index in [2.05, 4.69) is 25.6 Å². The minimum absolute atomic E-state index is 0.0398. The smallest absolute Gasteiger partial charge is 0.347 e. The van der Waals surface area contributed by atoms with Crippen molar-refractivity contribution in [1.82, 2.24) is 25.2 Å². The Hall–Kier alpha value is -3.24. The third kappa shape index (κ3) is 5.18. The van der Waals surface area contributed by atoms with Crippen molar-refractivity contribution < 1.29 is 22.8 Å². The number of amides is 2. The summed E-state index contributed by atoms with van der Waals surface area (Å²) in [5, 5.41) is 5.15. The molecule has 8 nitrogen and oxygen atoms in total. The summed E-state index contributed by atoms with van der Waals surface area (Å²) in [7, 11) is 0. The van der Waals surface area contributed by atoms with Gasteiger partial charge in [0.05, 0.1) is 23.8 Å². The zero-order valence-electron chi connectivity index (χ0n) is 15.5. The Bertz CT molecular complexity index is 905. The number of rotatable bonds is 5. The van der Waals surface area contributed by atoms with Gasteiger partial charge < -0.3 is 15.5 Å². The first-order valence-corrected chi connectivity index (χ1v) is 8.91. The number of anilines is 2. The van der Waals surface area contributed by atoms with Crippen molar-refractivity contribution in [3.8, 4) is 0 Å². The van der Waals surface area contributed by atoms with Crippen LogP contribution in [-0.2, 0) is 15.8 Å². The topological polar surface area (TPSA) is 100 Å². The Labute approximate surface area is 164 Å². The van der Waals surface area contributed by atoms with Gasteiger partial charge in [-0.05, 0) is 31.0 Å². The SMILES string of the molecule is CC(=O)NCC(=O)N1CCC[C@H]1c1ccnc(Nc2cc(C(F)(F)F)ccn2)n1. The van der Waals surface area contributed by atoms with Crippen molar-refractivity contribution in [3.63, 3.8) is 0 Å². The summed E-state index contributed by atoms with van der Waals surface area (Å²) >= 11 is 0. The molecule has 1 aliphatic heterocycles. The van der Waals surface area contributed by atoms with Crippen LogP contribution in [0.15, 0.2) is 30.6 Å². The van der Waals surface area contributed by atoms with Gasteiger partial charge in [0.15, 0.2) is 0 Å². The van der Waals surface area contributed by atoms with E-state index in [0.29, 0.717) is 18.7 Å². The zero-order chi connectivity index (χ0) is 21.0. The molecular formula is C18H19F3N6O2. The minimum Gasteiger partial charge on any atom is -0.347 e. The molecule has 0 radical (unpaired) electrons. The first-order chi connectivity index (χ1) is 13.7. The largest absolute Gasteiger partial charge is 0.416 e. The lowest BCUT2D eigenvalue weighted by atomic mass is 10.1. The lowest BCUT2D eigenvalue weighted by Gasteiger charge is -2.24. The molecule has 3 heterocycles. The van der Waals surface area contributed by atoms with Crippen molar-refractivity contribution in [3.05, 3.63) is 41.9 Å². The fourth-order valence-corrected chi connectivity index (χ4v) is 3.08. The molecule has 0 spiro atoms. The monoisotopic (exact) mass is 408 g/mol. The third-order valence-corrected chi connectivity index (χ3v) is 4.41.